The number of aryl methyl sites for hydroxylation is 1. The maximum Gasteiger partial charge on any atom is 0.336 e. The molecule has 0 aliphatic heterocycles. The highest BCUT2D eigenvalue weighted by atomic mass is 16.5. The Hall–Kier alpha value is -3.12. The average molecular weight is 381 g/mol. The molecule has 6 nitrogen and oxygen atoms in total. The minimum absolute atomic E-state index is 0.0160. The normalized spacial score (nSPS) is 12.0. The van der Waals surface area contributed by atoms with Gasteiger partial charge in [0.2, 0.25) is 0 Å². The van der Waals surface area contributed by atoms with Crippen molar-refractivity contribution in [2.75, 3.05) is 13.2 Å². The van der Waals surface area contributed by atoms with E-state index in [1.807, 2.05) is 36.4 Å². The third-order valence-corrected chi connectivity index (χ3v) is 4.50. The number of fused-ring (bicyclic) bond motifs is 1. The molecular weight excluding hydrogens is 358 g/mol. The second-order valence-electron chi connectivity index (χ2n) is 6.54. The van der Waals surface area contributed by atoms with E-state index in [0.717, 1.165) is 16.5 Å². The Balaban J connectivity index is 1.94. The van der Waals surface area contributed by atoms with Gasteiger partial charge < -0.3 is 19.6 Å². The largest absolute Gasteiger partial charge is 0.480 e. The molecule has 0 spiro atoms. The van der Waals surface area contributed by atoms with Gasteiger partial charge in [0.25, 0.3) is 5.91 Å². The van der Waals surface area contributed by atoms with Crippen LogP contribution in [0.2, 0.25) is 0 Å². The number of amides is 1. The van der Waals surface area contributed by atoms with Gasteiger partial charge in [0, 0.05) is 30.2 Å². The number of nitrogens with one attached hydrogen (secondary N) is 1. The highest BCUT2D eigenvalue weighted by molar-refractivity contribution is 5.95. The molecule has 0 radical (unpaired) electrons. The number of hydrogen-bond acceptors (Lipinski definition) is 5. The first-order valence-corrected chi connectivity index (χ1v) is 9.19. The quantitative estimate of drug-likeness (QED) is 0.485. The highest BCUT2D eigenvalue weighted by Crippen LogP contribution is 2.33. The molecule has 1 amide bonds. The van der Waals surface area contributed by atoms with Gasteiger partial charge >= 0.3 is 5.63 Å². The predicted molar refractivity (Wildman–Crippen MR) is 107 cm³/mol. The van der Waals surface area contributed by atoms with Crippen LogP contribution < -0.4 is 15.7 Å². The molecule has 0 bridgehead atoms. The van der Waals surface area contributed by atoms with Crippen molar-refractivity contribution in [1.82, 2.24) is 5.32 Å². The number of aliphatic hydroxyl groups is 1. The van der Waals surface area contributed by atoms with Gasteiger partial charge in [-0.15, -0.1) is 0 Å². The molecule has 1 aromatic heterocycles. The zero-order valence-electron chi connectivity index (χ0n) is 15.9. The number of ether oxygens (including phenoxy) is 1. The Morgan fingerprint density at radius 2 is 1.96 bits per heavy atom. The van der Waals surface area contributed by atoms with Crippen LogP contribution in [0.5, 0.6) is 5.75 Å². The topological polar surface area (TPSA) is 88.8 Å². The fourth-order valence-corrected chi connectivity index (χ4v) is 3.01. The van der Waals surface area contributed by atoms with Crippen molar-refractivity contribution in [3.63, 3.8) is 0 Å². The van der Waals surface area contributed by atoms with Gasteiger partial charge in [-0.2, -0.15) is 0 Å². The van der Waals surface area contributed by atoms with E-state index in [2.05, 4.69) is 5.32 Å². The van der Waals surface area contributed by atoms with E-state index in [1.165, 1.54) is 6.07 Å². The summed E-state index contributed by atoms with van der Waals surface area (Å²) in [5, 5.41) is 12.3. The minimum atomic E-state index is -0.723. The smallest absolute Gasteiger partial charge is 0.336 e. The molecule has 1 unspecified atom stereocenters. The monoisotopic (exact) mass is 381 g/mol. The van der Waals surface area contributed by atoms with Crippen LogP contribution >= 0.6 is 0 Å². The standard InChI is InChI=1S/C22H23NO5/c1-14-19(27-15(2)22(26)23-11-6-12-24)10-9-17-18(13-20(25)28-21(14)17)16-7-4-3-5-8-16/h3-5,7-10,13,15,24H,6,11-12H2,1-2H3,(H,23,26). The lowest BCUT2D eigenvalue weighted by molar-refractivity contribution is -0.127. The fraction of sp³-hybridized carbons (Fsp3) is 0.273. The summed E-state index contributed by atoms with van der Waals surface area (Å²) in [7, 11) is 0. The Morgan fingerprint density at radius 1 is 1.21 bits per heavy atom. The summed E-state index contributed by atoms with van der Waals surface area (Å²) in [4.78, 5) is 24.2. The van der Waals surface area contributed by atoms with Crippen molar-refractivity contribution in [2.45, 2.75) is 26.4 Å². The van der Waals surface area contributed by atoms with E-state index in [4.69, 9.17) is 14.3 Å². The summed E-state index contributed by atoms with van der Waals surface area (Å²) in [6.45, 7) is 3.84. The maximum absolute atomic E-state index is 12.1. The van der Waals surface area contributed by atoms with E-state index >= 15 is 0 Å². The molecule has 1 atom stereocenters. The molecule has 3 aromatic rings. The van der Waals surface area contributed by atoms with E-state index in [1.54, 1.807) is 19.9 Å². The minimum Gasteiger partial charge on any atom is -0.480 e. The molecule has 0 saturated heterocycles. The first-order valence-electron chi connectivity index (χ1n) is 9.19. The molecule has 1 heterocycles. The SMILES string of the molecule is Cc1c(OC(C)C(=O)NCCCO)ccc2c(-c3ccccc3)cc(=O)oc12. The summed E-state index contributed by atoms with van der Waals surface area (Å²) in [5.41, 5.74) is 2.36. The first kappa shape index (κ1) is 19.6. The first-order chi connectivity index (χ1) is 13.5. The molecule has 28 heavy (non-hydrogen) atoms. The number of hydrogen-bond donors (Lipinski definition) is 2. The lowest BCUT2D eigenvalue weighted by atomic mass is 10.00. The van der Waals surface area contributed by atoms with Gasteiger partial charge in [0.15, 0.2) is 6.10 Å². The molecule has 2 aromatic carbocycles. The summed E-state index contributed by atoms with van der Waals surface area (Å²) < 4.78 is 11.2. The zero-order valence-corrected chi connectivity index (χ0v) is 15.9. The van der Waals surface area contributed by atoms with Crippen LogP contribution in [0.3, 0.4) is 0 Å². The second kappa shape index (κ2) is 8.71. The van der Waals surface area contributed by atoms with Crippen LogP contribution in [0.1, 0.15) is 18.9 Å². The summed E-state index contributed by atoms with van der Waals surface area (Å²) in [5.74, 6) is 0.207. The average Bonchev–Trinajstić information content (AvgIpc) is 2.70. The van der Waals surface area contributed by atoms with Gasteiger partial charge in [0.05, 0.1) is 0 Å². The Morgan fingerprint density at radius 3 is 2.68 bits per heavy atom. The molecular formula is C22H23NO5. The number of carbonyl (C=O) groups excluding carboxylic acids is 1. The maximum atomic E-state index is 12.1. The van der Waals surface area contributed by atoms with Gasteiger partial charge in [-0.1, -0.05) is 30.3 Å². The fourth-order valence-electron chi connectivity index (χ4n) is 3.01. The zero-order chi connectivity index (χ0) is 20.1. The van der Waals surface area contributed by atoms with Crippen LogP contribution in [0.4, 0.5) is 0 Å². The van der Waals surface area contributed by atoms with Crippen molar-refractivity contribution in [3.8, 4) is 16.9 Å². The van der Waals surface area contributed by atoms with Crippen LogP contribution in [-0.2, 0) is 4.79 Å². The summed E-state index contributed by atoms with van der Waals surface area (Å²) >= 11 is 0. The molecule has 146 valence electrons. The third kappa shape index (κ3) is 4.23. The number of carbonyl (C=O) groups is 1. The van der Waals surface area contributed by atoms with Crippen molar-refractivity contribution in [1.29, 1.82) is 0 Å². The van der Waals surface area contributed by atoms with Gasteiger partial charge in [-0.3, -0.25) is 4.79 Å². The highest BCUT2D eigenvalue weighted by Gasteiger charge is 2.18. The van der Waals surface area contributed by atoms with Crippen molar-refractivity contribution in [2.24, 2.45) is 0 Å². The Kier molecular flexibility index (Phi) is 6.11. The summed E-state index contributed by atoms with van der Waals surface area (Å²) in [6, 6.07) is 14.7. The van der Waals surface area contributed by atoms with Crippen molar-refractivity contribution in [3.05, 3.63) is 64.5 Å². The molecule has 0 aliphatic rings. The number of aliphatic hydroxyl groups excluding tert-OH is 1. The van der Waals surface area contributed by atoms with Crippen LogP contribution in [0.25, 0.3) is 22.1 Å². The lowest BCUT2D eigenvalue weighted by Crippen LogP contribution is -2.37. The van der Waals surface area contributed by atoms with Crippen molar-refractivity contribution >= 4 is 16.9 Å². The number of benzene rings is 2. The predicted octanol–water partition coefficient (Wildman–Crippen LogP) is 3.03. The number of rotatable bonds is 7. The van der Waals surface area contributed by atoms with Gasteiger partial charge in [-0.25, -0.2) is 4.79 Å². The molecule has 3 rings (SSSR count). The Labute approximate surface area is 162 Å². The van der Waals surface area contributed by atoms with Gasteiger partial charge in [-0.05, 0) is 43.5 Å². The van der Waals surface area contributed by atoms with Gasteiger partial charge in [0.1, 0.15) is 11.3 Å². The van der Waals surface area contributed by atoms with Crippen LogP contribution in [-0.4, -0.2) is 30.3 Å². The lowest BCUT2D eigenvalue weighted by Gasteiger charge is -2.17. The van der Waals surface area contributed by atoms with E-state index in [0.29, 0.717) is 29.9 Å². The molecule has 0 saturated carbocycles. The third-order valence-electron chi connectivity index (χ3n) is 4.50. The van der Waals surface area contributed by atoms with Crippen LogP contribution in [0.15, 0.2) is 57.7 Å². The Bertz CT molecular complexity index is 1030. The van der Waals surface area contributed by atoms with E-state index in [-0.39, 0.29) is 12.5 Å². The molecule has 6 heteroatoms. The molecule has 0 fully saturated rings. The van der Waals surface area contributed by atoms with Crippen LogP contribution in [0, 0.1) is 6.92 Å². The second-order valence-corrected chi connectivity index (χ2v) is 6.54. The van der Waals surface area contributed by atoms with E-state index in [9.17, 15) is 9.59 Å². The molecule has 2 N–H and O–H groups in total. The molecule has 0 aliphatic carbocycles. The van der Waals surface area contributed by atoms with Crippen molar-refractivity contribution < 1.29 is 19.1 Å². The van der Waals surface area contributed by atoms with E-state index < -0.39 is 11.7 Å². The summed E-state index contributed by atoms with van der Waals surface area (Å²) in [6.07, 6.45) is -0.236.